The minimum atomic E-state index is -0.114. The first-order valence-electron chi connectivity index (χ1n) is 10.5. The molecule has 7 nitrogen and oxygen atoms in total. The van der Waals surface area contributed by atoms with Crippen molar-refractivity contribution in [3.63, 3.8) is 0 Å². The zero-order valence-corrected chi connectivity index (χ0v) is 18.0. The van der Waals surface area contributed by atoms with Gasteiger partial charge in [0.05, 0.1) is 0 Å². The van der Waals surface area contributed by atoms with Crippen LogP contribution >= 0.6 is 0 Å². The van der Waals surface area contributed by atoms with Gasteiger partial charge in [-0.3, -0.25) is 9.59 Å². The highest BCUT2D eigenvalue weighted by molar-refractivity contribution is 5.94. The third kappa shape index (κ3) is 4.82. The van der Waals surface area contributed by atoms with E-state index in [9.17, 15) is 9.59 Å². The Morgan fingerprint density at radius 3 is 2.29 bits per heavy atom. The molecule has 0 radical (unpaired) electrons. The molecule has 1 aromatic heterocycles. The number of benzene rings is 2. The van der Waals surface area contributed by atoms with Gasteiger partial charge in [-0.25, -0.2) is 0 Å². The minimum Gasteiger partial charge on any atom is -0.339 e. The standard InChI is InChI=1S/C24H26N4O3/c1-15-12-16(2)14-20(13-15)24(30)28-10-8-19(9-11-28)23-26-22(27-31-23)18-4-6-21(7-5-18)25-17(3)29/h4-7,12-14,19H,8-11H2,1-3H3,(H,25,29). The van der Waals surface area contributed by atoms with Crippen LogP contribution in [0.15, 0.2) is 47.0 Å². The van der Waals surface area contributed by atoms with Crippen molar-refractivity contribution in [1.29, 1.82) is 0 Å². The molecule has 1 saturated heterocycles. The molecule has 3 aromatic rings. The van der Waals surface area contributed by atoms with Gasteiger partial charge in [0.1, 0.15) is 0 Å². The van der Waals surface area contributed by atoms with Crippen LogP contribution in [-0.2, 0) is 4.79 Å². The molecule has 31 heavy (non-hydrogen) atoms. The van der Waals surface area contributed by atoms with E-state index in [1.165, 1.54) is 6.92 Å². The molecule has 160 valence electrons. The lowest BCUT2D eigenvalue weighted by molar-refractivity contribution is -0.114. The molecule has 1 aliphatic rings. The number of nitrogens with one attached hydrogen (secondary N) is 1. The average Bonchev–Trinajstić information content (AvgIpc) is 3.23. The molecular formula is C24H26N4O3. The van der Waals surface area contributed by atoms with Crippen LogP contribution in [0.25, 0.3) is 11.4 Å². The van der Waals surface area contributed by atoms with Gasteiger partial charge in [0, 0.05) is 42.7 Å². The van der Waals surface area contributed by atoms with Crippen molar-refractivity contribution in [2.24, 2.45) is 0 Å². The van der Waals surface area contributed by atoms with E-state index in [1.807, 2.05) is 55.1 Å². The number of hydrogen-bond acceptors (Lipinski definition) is 5. The van der Waals surface area contributed by atoms with Crippen LogP contribution in [-0.4, -0.2) is 39.9 Å². The van der Waals surface area contributed by atoms with E-state index in [4.69, 9.17) is 4.52 Å². The fraction of sp³-hybridized carbons (Fsp3) is 0.333. The quantitative estimate of drug-likeness (QED) is 0.681. The number of anilines is 1. The first-order valence-corrected chi connectivity index (χ1v) is 10.5. The molecule has 4 rings (SSSR count). The van der Waals surface area contributed by atoms with E-state index in [0.29, 0.717) is 24.8 Å². The van der Waals surface area contributed by atoms with Crippen LogP contribution in [0.5, 0.6) is 0 Å². The highest BCUT2D eigenvalue weighted by Crippen LogP contribution is 2.29. The SMILES string of the molecule is CC(=O)Nc1ccc(-c2noc(C3CCN(C(=O)c4cc(C)cc(C)c4)CC3)n2)cc1. The van der Waals surface area contributed by atoms with E-state index >= 15 is 0 Å². The predicted octanol–water partition coefficient (Wildman–Crippen LogP) is 4.33. The summed E-state index contributed by atoms with van der Waals surface area (Å²) < 4.78 is 5.53. The smallest absolute Gasteiger partial charge is 0.253 e. The minimum absolute atomic E-state index is 0.0794. The fourth-order valence-electron chi connectivity index (χ4n) is 4.03. The van der Waals surface area contributed by atoms with Crippen molar-refractivity contribution in [1.82, 2.24) is 15.0 Å². The number of aromatic nitrogens is 2. The molecule has 2 aromatic carbocycles. The Bertz CT molecular complexity index is 1080. The Morgan fingerprint density at radius 2 is 1.68 bits per heavy atom. The summed E-state index contributed by atoms with van der Waals surface area (Å²) in [6, 6.07) is 13.3. The summed E-state index contributed by atoms with van der Waals surface area (Å²) in [5.74, 6) is 1.24. The molecular weight excluding hydrogens is 392 g/mol. The summed E-state index contributed by atoms with van der Waals surface area (Å²) in [6.07, 6.45) is 1.58. The maximum Gasteiger partial charge on any atom is 0.253 e. The molecule has 0 spiro atoms. The van der Waals surface area contributed by atoms with Crippen LogP contribution in [0.1, 0.15) is 53.1 Å². The van der Waals surface area contributed by atoms with Gasteiger partial charge in [0.2, 0.25) is 17.6 Å². The molecule has 1 aliphatic heterocycles. The largest absolute Gasteiger partial charge is 0.339 e. The van der Waals surface area contributed by atoms with Crippen LogP contribution in [0.3, 0.4) is 0 Å². The number of carbonyl (C=O) groups excluding carboxylic acids is 2. The molecule has 2 heterocycles. The number of likely N-dealkylation sites (tertiary alicyclic amines) is 1. The highest BCUT2D eigenvalue weighted by atomic mass is 16.5. The van der Waals surface area contributed by atoms with Gasteiger partial charge in [0.25, 0.3) is 5.91 Å². The number of rotatable bonds is 4. The lowest BCUT2D eigenvalue weighted by Crippen LogP contribution is -2.38. The van der Waals surface area contributed by atoms with Crippen molar-refractivity contribution < 1.29 is 14.1 Å². The summed E-state index contributed by atoms with van der Waals surface area (Å²) in [5.41, 5.74) is 4.49. The fourth-order valence-corrected chi connectivity index (χ4v) is 4.03. The summed E-state index contributed by atoms with van der Waals surface area (Å²) in [4.78, 5) is 30.5. The third-order valence-corrected chi connectivity index (χ3v) is 5.51. The Morgan fingerprint density at radius 1 is 1.03 bits per heavy atom. The first kappa shape index (κ1) is 20.8. The first-order chi connectivity index (χ1) is 14.9. The maximum atomic E-state index is 12.9. The Balaban J connectivity index is 1.39. The predicted molar refractivity (Wildman–Crippen MR) is 118 cm³/mol. The average molecular weight is 418 g/mol. The van der Waals surface area contributed by atoms with Crippen molar-refractivity contribution in [3.8, 4) is 11.4 Å². The van der Waals surface area contributed by atoms with Crippen molar-refractivity contribution in [3.05, 3.63) is 65.0 Å². The number of hydrogen-bond donors (Lipinski definition) is 1. The normalized spacial score (nSPS) is 14.5. The van der Waals surface area contributed by atoms with Crippen LogP contribution in [0.2, 0.25) is 0 Å². The zero-order valence-electron chi connectivity index (χ0n) is 18.0. The topological polar surface area (TPSA) is 88.3 Å². The lowest BCUT2D eigenvalue weighted by Gasteiger charge is -2.30. The number of piperidine rings is 1. The van der Waals surface area contributed by atoms with Gasteiger partial charge in [-0.1, -0.05) is 22.3 Å². The van der Waals surface area contributed by atoms with Gasteiger partial charge in [-0.05, 0) is 63.1 Å². The summed E-state index contributed by atoms with van der Waals surface area (Å²) >= 11 is 0. The number of nitrogens with zero attached hydrogens (tertiary/aromatic N) is 3. The molecule has 0 unspecified atom stereocenters. The maximum absolute atomic E-state index is 12.9. The summed E-state index contributed by atoms with van der Waals surface area (Å²) in [6.45, 7) is 6.83. The highest BCUT2D eigenvalue weighted by Gasteiger charge is 2.28. The Hall–Kier alpha value is -3.48. The van der Waals surface area contributed by atoms with Gasteiger partial charge in [-0.2, -0.15) is 4.98 Å². The Kier molecular flexibility index (Phi) is 5.84. The summed E-state index contributed by atoms with van der Waals surface area (Å²) in [7, 11) is 0. The second kappa shape index (κ2) is 8.71. The van der Waals surface area contributed by atoms with Crippen LogP contribution < -0.4 is 5.32 Å². The Labute approximate surface area is 181 Å². The molecule has 0 atom stereocenters. The molecule has 7 heteroatoms. The molecule has 1 N–H and O–H groups in total. The van der Waals surface area contributed by atoms with Gasteiger partial charge in [0.15, 0.2) is 0 Å². The molecule has 0 aliphatic carbocycles. The van der Waals surface area contributed by atoms with E-state index < -0.39 is 0 Å². The zero-order chi connectivity index (χ0) is 22.0. The molecule has 0 saturated carbocycles. The van der Waals surface area contributed by atoms with Gasteiger partial charge >= 0.3 is 0 Å². The number of carbonyl (C=O) groups is 2. The monoisotopic (exact) mass is 418 g/mol. The molecule has 0 bridgehead atoms. The second-order valence-corrected chi connectivity index (χ2v) is 8.16. The van der Waals surface area contributed by atoms with Gasteiger partial charge in [-0.15, -0.1) is 0 Å². The number of aryl methyl sites for hydroxylation is 2. The van der Waals surface area contributed by atoms with Gasteiger partial charge < -0.3 is 14.7 Å². The van der Waals surface area contributed by atoms with E-state index in [0.717, 1.165) is 40.8 Å². The van der Waals surface area contributed by atoms with Crippen molar-refractivity contribution >= 4 is 17.5 Å². The van der Waals surface area contributed by atoms with E-state index in [-0.39, 0.29) is 17.7 Å². The third-order valence-electron chi connectivity index (χ3n) is 5.51. The van der Waals surface area contributed by atoms with E-state index in [1.54, 1.807) is 0 Å². The summed E-state index contributed by atoms with van der Waals surface area (Å²) in [5, 5.41) is 6.86. The molecule has 2 amide bonds. The molecule has 1 fully saturated rings. The second-order valence-electron chi connectivity index (χ2n) is 8.16. The lowest BCUT2D eigenvalue weighted by atomic mass is 9.96. The van der Waals surface area contributed by atoms with Crippen molar-refractivity contribution in [2.45, 2.75) is 39.5 Å². The van der Waals surface area contributed by atoms with Crippen LogP contribution in [0, 0.1) is 13.8 Å². The van der Waals surface area contributed by atoms with Crippen molar-refractivity contribution in [2.75, 3.05) is 18.4 Å². The number of amides is 2. The van der Waals surface area contributed by atoms with Crippen LogP contribution in [0.4, 0.5) is 5.69 Å². The van der Waals surface area contributed by atoms with E-state index in [2.05, 4.69) is 21.5 Å².